The highest BCUT2D eigenvalue weighted by Gasteiger charge is 2.46. The molecule has 92 valence electrons. The Morgan fingerprint density at radius 3 is 2.82 bits per heavy atom. The van der Waals surface area contributed by atoms with Crippen molar-refractivity contribution in [1.29, 1.82) is 0 Å². The van der Waals surface area contributed by atoms with Crippen LogP contribution in [0.4, 0.5) is 18.0 Å². The molecule has 0 aromatic heterocycles. The van der Waals surface area contributed by atoms with Crippen molar-refractivity contribution < 1.29 is 22.7 Å². The predicted molar refractivity (Wildman–Crippen MR) is 53.6 cm³/mol. The zero-order valence-electron chi connectivity index (χ0n) is 8.34. The molecule has 7 heteroatoms. The van der Waals surface area contributed by atoms with Gasteiger partial charge in [-0.2, -0.15) is 0 Å². The van der Waals surface area contributed by atoms with Crippen molar-refractivity contribution in [1.82, 2.24) is 5.32 Å². The molecule has 17 heavy (non-hydrogen) atoms. The fourth-order valence-corrected chi connectivity index (χ4v) is 1.72. The third kappa shape index (κ3) is 2.31. The first kappa shape index (κ1) is 12.0. The van der Waals surface area contributed by atoms with Crippen LogP contribution in [-0.2, 0) is 4.74 Å². The van der Waals surface area contributed by atoms with Gasteiger partial charge in [-0.15, -0.1) is 0 Å². The summed E-state index contributed by atoms with van der Waals surface area (Å²) in [6, 6.07) is 1.60. The fourth-order valence-electron chi connectivity index (χ4n) is 1.53. The van der Waals surface area contributed by atoms with Gasteiger partial charge in [0, 0.05) is 0 Å². The summed E-state index contributed by atoms with van der Waals surface area (Å²) < 4.78 is 44.1. The van der Waals surface area contributed by atoms with E-state index in [1.54, 1.807) is 0 Å². The first-order valence-electron chi connectivity index (χ1n) is 4.66. The Balaban J connectivity index is 2.36. The number of ether oxygens (including phenoxy) is 1. The predicted octanol–water partition coefficient (Wildman–Crippen LogP) is 2.90. The number of nitrogens with one attached hydrogen (secondary N) is 1. The van der Waals surface area contributed by atoms with E-state index in [0.717, 1.165) is 18.2 Å². The molecule has 0 aliphatic carbocycles. The number of alkyl carbamates (subject to hydrolysis) is 1. The molecule has 1 saturated heterocycles. The van der Waals surface area contributed by atoms with Crippen molar-refractivity contribution >= 4 is 17.7 Å². The number of benzene rings is 1. The van der Waals surface area contributed by atoms with E-state index in [1.807, 2.05) is 5.32 Å². The molecule has 1 heterocycles. The molecule has 1 N–H and O–H groups in total. The summed E-state index contributed by atoms with van der Waals surface area (Å²) in [5, 5.41) is 1.70. The van der Waals surface area contributed by atoms with Crippen molar-refractivity contribution in [3.63, 3.8) is 0 Å². The van der Waals surface area contributed by atoms with Crippen LogP contribution in [0.1, 0.15) is 11.6 Å². The summed E-state index contributed by atoms with van der Waals surface area (Å²) in [7, 11) is 0. The van der Waals surface area contributed by atoms with Crippen LogP contribution in [0, 0.1) is 5.82 Å². The highest BCUT2D eigenvalue weighted by Crippen LogP contribution is 2.35. The molecule has 0 radical (unpaired) electrons. The van der Waals surface area contributed by atoms with Gasteiger partial charge in [-0.25, -0.2) is 18.0 Å². The normalized spacial score (nSPS) is 22.8. The maximum Gasteiger partial charge on any atom is 0.408 e. The maximum atomic E-state index is 13.5. The largest absolute Gasteiger partial charge is 0.443 e. The van der Waals surface area contributed by atoms with E-state index in [0.29, 0.717) is 0 Å². The molecular formula is C10H7ClF3NO2. The lowest BCUT2D eigenvalue weighted by molar-refractivity contribution is -0.104. The van der Waals surface area contributed by atoms with Gasteiger partial charge in [0.2, 0.25) is 0 Å². The van der Waals surface area contributed by atoms with Gasteiger partial charge in [0.05, 0.1) is 5.02 Å². The van der Waals surface area contributed by atoms with Gasteiger partial charge < -0.3 is 10.1 Å². The van der Waals surface area contributed by atoms with Crippen LogP contribution in [0.3, 0.4) is 0 Å². The Hall–Kier alpha value is -1.43. The third-order valence-corrected chi connectivity index (χ3v) is 2.65. The number of hydrogen-bond acceptors (Lipinski definition) is 2. The Labute approximate surface area is 99.5 Å². The Bertz CT molecular complexity index is 467. The van der Waals surface area contributed by atoms with Crippen molar-refractivity contribution in [3.8, 4) is 0 Å². The molecule has 2 rings (SSSR count). The fraction of sp³-hybridized carbons (Fsp3) is 0.300. The van der Waals surface area contributed by atoms with Gasteiger partial charge in [-0.1, -0.05) is 17.7 Å². The average Bonchev–Trinajstić information content (AvgIpc) is 2.26. The zero-order chi connectivity index (χ0) is 12.6. The summed E-state index contributed by atoms with van der Waals surface area (Å²) in [5.41, 5.74) is 0.0260. The number of rotatable bonds is 1. The van der Waals surface area contributed by atoms with Crippen molar-refractivity contribution in [2.45, 2.75) is 12.0 Å². The van der Waals surface area contributed by atoms with E-state index in [4.69, 9.17) is 11.6 Å². The van der Waals surface area contributed by atoms with Gasteiger partial charge in [-0.05, 0) is 17.7 Å². The van der Waals surface area contributed by atoms with Gasteiger partial charge >= 0.3 is 12.0 Å². The Kier molecular flexibility index (Phi) is 2.91. The number of alkyl halides is 2. The summed E-state index contributed by atoms with van der Waals surface area (Å²) in [6.07, 6.45) is -0.943. The second-order valence-electron chi connectivity index (χ2n) is 3.59. The monoisotopic (exact) mass is 265 g/mol. The summed E-state index contributed by atoms with van der Waals surface area (Å²) in [6.45, 7) is -1.02. The second-order valence-corrected chi connectivity index (χ2v) is 4.00. The molecule has 1 aliphatic rings. The van der Waals surface area contributed by atoms with Gasteiger partial charge in [-0.3, -0.25) is 0 Å². The van der Waals surface area contributed by atoms with Gasteiger partial charge in [0.1, 0.15) is 11.9 Å². The minimum atomic E-state index is -3.27. The van der Waals surface area contributed by atoms with Crippen LogP contribution in [0.5, 0.6) is 0 Å². The topological polar surface area (TPSA) is 38.3 Å². The van der Waals surface area contributed by atoms with Crippen LogP contribution < -0.4 is 5.32 Å². The minimum absolute atomic E-state index is 0.0260. The van der Waals surface area contributed by atoms with Crippen LogP contribution in [0.15, 0.2) is 18.2 Å². The number of carbonyl (C=O) groups excluding carboxylic acids is 1. The van der Waals surface area contributed by atoms with Crippen LogP contribution in [-0.4, -0.2) is 18.6 Å². The summed E-state index contributed by atoms with van der Waals surface area (Å²) in [4.78, 5) is 10.9. The minimum Gasteiger partial charge on any atom is -0.443 e. The van der Waals surface area contributed by atoms with Gasteiger partial charge in [0.15, 0.2) is 6.61 Å². The molecule has 0 saturated carbocycles. The van der Waals surface area contributed by atoms with E-state index in [-0.39, 0.29) is 10.6 Å². The molecule has 1 aromatic carbocycles. The highest BCUT2D eigenvalue weighted by molar-refractivity contribution is 6.30. The van der Waals surface area contributed by atoms with Crippen LogP contribution in [0.2, 0.25) is 5.02 Å². The molecule has 0 unspecified atom stereocenters. The molecule has 0 spiro atoms. The van der Waals surface area contributed by atoms with Crippen molar-refractivity contribution in [2.24, 2.45) is 0 Å². The first-order valence-corrected chi connectivity index (χ1v) is 5.04. The van der Waals surface area contributed by atoms with Crippen molar-refractivity contribution in [3.05, 3.63) is 34.6 Å². The molecule has 1 aliphatic heterocycles. The maximum absolute atomic E-state index is 13.5. The number of amides is 1. The molecule has 1 amide bonds. The van der Waals surface area contributed by atoms with Gasteiger partial charge in [0.25, 0.3) is 0 Å². The molecule has 3 nitrogen and oxygen atoms in total. The molecular weight excluding hydrogens is 259 g/mol. The lowest BCUT2D eigenvalue weighted by Crippen LogP contribution is -2.49. The summed E-state index contributed by atoms with van der Waals surface area (Å²) >= 11 is 5.50. The smallest absolute Gasteiger partial charge is 0.408 e. The van der Waals surface area contributed by atoms with E-state index in [1.165, 1.54) is 0 Å². The number of halogens is 4. The first-order chi connectivity index (χ1) is 7.90. The molecule has 1 fully saturated rings. The third-order valence-electron chi connectivity index (χ3n) is 2.36. The van der Waals surface area contributed by atoms with E-state index in [2.05, 4.69) is 4.74 Å². The van der Waals surface area contributed by atoms with E-state index in [9.17, 15) is 18.0 Å². The molecule has 1 aromatic rings. The highest BCUT2D eigenvalue weighted by atomic mass is 35.5. The van der Waals surface area contributed by atoms with Crippen molar-refractivity contribution in [2.75, 3.05) is 6.61 Å². The van der Waals surface area contributed by atoms with Crippen LogP contribution in [0.25, 0.3) is 0 Å². The van der Waals surface area contributed by atoms with Crippen LogP contribution >= 0.6 is 11.6 Å². The van der Waals surface area contributed by atoms with E-state index < -0.39 is 30.5 Å². The molecule has 0 bridgehead atoms. The SMILES string of the molecule is O=C1N[C@@H](c2ccc(F)c(Cl)c2)C(F)(F)CO1. The quantitative estimate of drug-likeness (QED) is 0.848. The number of hydrogen-bond donors (Lipinski definition) is 1. The zero-order valence-corrected chi connectivity index (χ0v) is 9.10. The number of cyclic esters (lactones) is 1. The number of carbonyl (C=O) groups is 1. The lowest BCUT2D eigenvalue weighted by atomic mass is 10.0. The lowest BCUT2D eigenvalue weighted by Gasteiger charge is -2.31. The Morgan fingerprint density at radius 1 is 1.47 bits per heavy atom. The average molecular weight is 266 g/mol. The second kappa shape index (κ2) is 4.10. The summed E-state index contributed by atoms with van der Waals surface area (Å²) in [5.74, 6) is -3.98. The van der Waals surface area contributed by atoms with E-state index >= 15 is 0 Å². The standard InChI is InChI=1S/C10H7ClF3NO2/c11-6-3-5(1-2-7(6)12)8-10(13,14)4-17-9(16)15-8/h1-3,8H,4H2,(H,15,16)/t8-/m0/s1. The Morgan fingerprint density at radius 2 is 2.18 bits per heavy atom. The molecule has 1 atom stereocenters.